The molecule has 3 heterocycles. The predicted molar refractivity (Wildman–Crippen MR) is 129 cm³/mol. The Morgan fingerprint density at radius 1 is 1.24 bits per heavy atom. The van der Waals surface area contributed by atoms with Crippen LogP contribution < -0.4 is 16.1 Å². The predicted octanol–water partition coefficient (Wildman–Crippen LogP) is 2.34. The minimum atomic E-state index is -0.511. The van der Waals surface area contributed by atoms with Crippen molar-refractivity contribution in [1.29, 1.82) is 0 Å². The number of aryl methyl sites for hydroxylation is 1. The highest BCUT2D eigenvalue weighted by Gasteiger charge is 2.52. The van der Waals surface area contributed by atoms with Gasteiger partial charge in [-0.25, -0.2) is 0 Å². The molecule has 0 radical (unpaired) electrons. The van der Waals surface area contributed by atoms with Crippen molar-refractivity contribution in [2.75, 3.05) is 19.0 Å². The molecule has 1 aromatic carbocycles. The van der Waals surface area contributed by atoms with Crippen LogP contribution in [-0.2, 0) is 25.4 Å². The molecule has 1 atom stereocenters. The number of benzene rings is 1. The number of carbonyl (C=O) groups is 2. The molecule has 10 heteroatoms. The van der Waals surface area contributed by atoms with E-state index in [-0.39, 0.29) is 24.5 Å². The topological polar surface area (TPSA) is 104 Å². The van der Waals surface area contributed by atoms with Crippen LogP contribution >= 0.6 is 0 Å². The maximum absolute atomic E-state index is 13.1. The van der Waals surface area contributed by atoms with E-state index in [1.807, 2.05) is 57.5 Å². The Hall–Kier alpha value is -2.69. The maximum atomic E-state index is 13.1. The summed E-state index contributed by atoms with van der Waals surface area (Å²) < 4.78 is 18.9. The van der Waals surface area contributed by atoms with Crippen LogP contribution in [0.25, 0.3) is 0 Å². The molecule has 34 heavy (non-hydrogen) atoms. The number of nitrogens with zero attached hydrogens (tertiary/aromatic N) is 2. The van der Waals surface area contributed by atoms with Crippen molar-refractivity contribution in [3.05, 3.63) is 41.2 Å². The van der Waals surface area contributed by atoms with Gasteiger partial charge < -0.3 is 19.4 Å². The number of amides is 1. The zero-order chi connectivity index (χ0) is 24.7. The fourth-order valence-corrected chi connectivity index (χ4v) is 4.28. The minimum absolute atomic E-state index is 0.0599. The van der Waals surface area contributed by atoms with Crippen LogP contribution in [0.2, 0.25) is 0 Å². The molecule has 0 saturated carbocycles. The monoisotopic (exact) mass is 468 g/mol. The zero-order valence-corrected chi connectivity index (χ0v) is 20.7. The summed E-state index contributed by atoms with van der Waals surface area (Å²) in [7, 11) is 0.852. The number of carbonyl (C=O) groups excluding carboxylic acids is 2. The highest BCUT2D eigenvalue weighted by molar-refractivity contribution is 6.62. The number of aromatic nitrogens is 2. The van der Waals surface area contributed by atoms with E-state index in [1.54, 1.807) is 6.07 Å². The number of hydrogen-bond acceptors (Lipinski definition) is 7. The van der Waals surface area contributed by atoms with E-state index in [9.17, 15) is 9.59 Å². The zero-order valence-electron chi connectivity index (χ0n) is 20.7. The number of nitrogens with one attached hydrogen (secondary N) is 2. The molecule has 0 unspecified atom stereocenters. The number of fused-ring (bicyclic) bond motifs is 1. The van der Waals surface area contributed by atoms with E-state index < -0.39 is 18.3 Å². The lowest BCUT2D eigenvalue weighted by Gasteiger charge is -2.32. The van der Waals surface area contributed by atoms with Gasteiger partial charge in [0.05, 0.1) is 30.6 Å². The molecule has 2 aliphatic rings. The van der Waals surface area contributed by atoms with E-state index in [1.165, 1.54) is 7.11 Å². The quantitative estimate of drug-likeness (QED) is 0.496. The van der Waals surface area contributed by atoms with Crippen molar-refractivity contribution in [3.8, 4) is 0 Å². The minimum Gasteiger partial charge on any atom is -0.468 e. The van der Waals surface area contributed by atoms with Gasteiger partial charge in [-0.1, -0.05) is 12.1 Å². The molecule has 0 bridgehead atoms. The number of esters is 1. The molecular weight excluding hydrogens is 435 g/mol. The van der Waals surface area contributed by atoms with Gasteiger partial charge in [0.1, 0.15) is 0 Å². The summed E-state index contributed by atoms with van der Waals surface area (Å²) in [6, 6.07) is 7.43. The second kappa shape index (κ2) is 9.17. The second-order valence-corrected chi connectivity index (χ2v) is 9.89. The van der Waals surface area contributed by atoms with Gasteiger partial charge in [-0.2, -0.15) is 5.10 Å². The number of hydrogen-bond donors (Lipinski definition) is 2. The fraction of sp³-hybridized carbons (Fsp3) is 0.542. The van der Waals surface area contributed by atoms with Gasteiger partial charge in [-0.3, -0.25) is 19.6 Å². The summed E-state index contributed by atoms with van der Waals surface area (Å²) in [6.07, 6.45) is 1.77. The van der Waals surface area contributed by atoms with Crippen LogP contribution in [0.5, 0.6) is 0 Å². The molecule has 2 aromatic rings. The van der Waals surface area contributed by atoms with Crippen LogP contribution in [-0.4, -0.2) is 53.6 Å². The second-order valence-electron chi connectivity index (χ2n) is 9.89. The Balaban J connectivity index is 1.51. The van der Waals surface area contributed by atoms with Crippen molar-refractivity contribution >= 4 is 30.1 Å². The number of anilines is 1. The van der Waals surface area contributed by atoms with Gasteiger partial charge in [0.2, 0.25) is 0 Å². The largest absolute Gasteiger partial charge is 0.495 e. The standard InChI is InChI=1S/C24H33BN4O5/c1-15-16(25-33-23(2,3)24(4,5)34-25)9-7-10-17(15)27-22(31)19-13-20-18(26-14-21(30)32-6)11-8-12-29(20)28-19/h7,9-10,13,18,26H,8,11-12,14H2,1-6H3,(H,27,31)/t18-/m0/s1. The highest BCUT2D eigenvalue weighted by atomic mass is 16.7. The SMILES string of the molecule is COC(=O)CN[C@H]1CCCn2nc(C(=O)Nc3cccc(B4OC(C)(C)C(C)(C)O4)c3C)cc21. The Kier molecular flexibility index (Phi) is 6.59. The normalized spacial score (nSPS) is 20.6. The molecule has 4 rings (SSSR count). The maximum Gasteiger partial charge on any atom is 0.495 e. The van der Waals surface area contributed by atoms with Crippen LogP contribution in [0, 0.1) is 6.92 Å². The van der Waals surface area contributed by atoms with E-state index in [2.05, 4.69) is 15.7 Å². The number of ether oxygens (including phenoxy) is 1. The third-order valence-corrected chi connectivity index (χ3v) is 7.12. The molecular formula is C24H33BN4O5. The first-order valence-corrected chi connectivity index (χ1v) is 11.7. The van der Waals surface area contributed by atoms with Crippen LogP contribution in [0.1, 0.15) is 68.3 Å². The van der Waals surface area contributed by atoms with Gasteiger partial charge in [0, 0.05) is 18.3 Å². The Bertz CT molecular complexity index is 1080. The lowest BCUT2D eigenvalue weighted by Crippen LogP contribution is -2.41. The fourth-order valence-electron chi connectivity index (χ4n) is 4.28. The Morgan fingerprint density at radius 3 is 2.62 bits per heavy atom. The molecule has 0 aliphatic carbocycles. The Morgan fingerprint density at radius 2 is 1.94 bits per heavy atom. The van der Waals surface area contributed by atoms with Gasteiger partial charge >= 0.3 is 13.1 Å². The number of rotatable bonds is 6. The molecule has 1 aromatic heterocycles. The van der Waals surface area contributed by atoms with Crippen molar-refractivity contribution in [1.82, 2.24) is 15.1 Å². The van der Waals surface area contributed by atoms with E-state index >= 15 is 0 Å². The summed E-state index contributed by atoms with van der Waals surface area (Å²) in [5.74, 6) is -0.616. The van der Waals surface area contributed by atoms with Crippen molar-refractivity contribution < 1.29 is 23.6 Å². The molecule has 2 N–H and O–H groups in total. The average molecular weight is 468 g/mol. The van der Waals surface area contributed by atoms with Gasteiger partial charge in [0.15, 0.2) is 5.69 Å². The van der Waals surface area contributed by atoms with Crippen molar-refractivity contribution in [2.45, 2.75) is 71.2 Å². The first-order valence-electron chi connectivity index (χ1n) is 11.7. The molecule has 1 amide bonds. The molecule has 2 aliphatic heterocycles. The van der Waals surface area contributed by atoms with Crippen LogP contribution in [0.15, 0.2) is 24.3 Å². The molecule has 182 valence electrons. The average Bonchev–Trinajstić information content (AvgIpc) is 3.31. The smallest absolute Gasteiger partial charge is 0.468 e. The van der Waals surface area contributed by atoms with Crippen molar-refractivity contribution in [3.63, 3.8) is 0 Å². The molecule has 0 spiro atoms. The third kappa shape index (κ3) is 4.62. The summed E-state index contributed by atoms with van der Waals surface area (Å²) in [5.41, 5.74) is 2.78. The van der Waals surface area contributed by atoms with E-state index in [0.717, 1.165) is 36.1 Å². The molecule has 1 fully saturated rings. The van der Waals surface area contributed by atoms with Crippen LogP contribution in [0.3, 0.4) is 0 Å². The van der Waals surface area contributed by atoms with E-state index in [0.29, 0.717) is 11.4 Å². The number of methoxy groups -OCH3 is 1. The summed E-state index contributed by atoms with van der Waals surface area (Å²) >= 11 is 0. The molecule has 9 nitrogen and oxygen atoms in total. The van der Waals surface area contributed by atoms with E-state index in [4.69, 9.17) is 14.0 Å². The molecule has 1 saturated heterocycles. The Labute approximate surface area is 200 Å². The summed E-state index contributed by atoms with van der Waals surface area (Å²) in [6.45, 7) is 10.8. The summed E-state index contributed by atoms with van der Waals surface area (Å²) in [5, 5.41) is 10.7. The third-order valence-electron chi connectivity index (χ3n) is 7.12. The first-order chi connectivity index (χ1) is 16.0. The van der Waals surface area contributed by atoms with Gasteiger partial charge in [-0.05, 0) is 70.6 Å². The first kappa shape index (κ1) is 24.4. The van der Waals surface area contributed by atoms with Gasteiger partial charge in [0.25, 0.3) is 5.91 Å². The highest BCUT2D eigenvalue weighted by Crippen LogP contribution is 2.37. The summed E-state index contributed by atoms with van der Waals surface area (Å²) in [4.78, 5) is 24.6. The van der Waals surface area contributed by atoms with Crippen molar-refractivity contribution in [2.24, 2.45) is 0 Å². The van der Waals surface area contributed by atoms with Crippen LogP contribution in [0.4, 0.5) is 5.69 Å². The lowest BCUT2D eigenvalue weighted by molar-refractivity contribution is -0.139. The van der Waals surface area contributed by atoms with Gasteiger partial charge in [-0.15, -0.1) is 0 Å². The lowest BCUT2D eigenvalue weighted by atomic mass is 9.76.